The molecule has 41 heavy (non-hydrogen) atoms. The Morgan fingerprint density at radius 1 is 1.05 bits per heavy atom. The van der Waals surface area contributed by atoms with E-state index >= 15 is 0 Å². The molecule has 0 spiro atoms. The van der Waals surface area contributed by atoms with Crippen LogP contribution in [-0.2, 0) is 21.2 Å². The quantitative estimate of drug-likeness (QED) is 0.255. The molecule has 0 radical (unpaired) electrons. The number of ether oxygens (including phenoxy) is 1. The lowest BCUT2D eigenvalue weighted by Crippen LogP contribution is -2.51. The predicted octanol–water partition coefficient (Wildman–Crippen LogP) is 4.89. The molecule has 3 rings (SSSR count). The van der Waals surface area contributed by atoms with Crippen molar-refractivity contribution in [1.29, 1.82) is 0 Å². The van der Waals surface area contributed by atoms with E-state index in [-0.39, 0.29) is 24.7 Å². The maximum atomic E-state index is 13.5. The third-order valence-electron chi connectivity index (χ3n) is 6.35. The minimum absolute atomic E-state index is 0.00985. The molecule has 1 heterocycles. The number of rotatable bonds is 8. The third kappa shape index (κ3) is 8.89. The lowest BCUT2D eigenvalue weighted by atomic mass is 9.91. The molecule has 2 unspecified atom stereocenters. The largest absolute Gasteiger partial charge is 0.462 e. The van der Waals surface area contributed by atoms with Gasteiger partial charge in [0.15, 0.2) is 5.96 Å². The average Bonchev–Trinajstić information content (AvgIpc) is 3.27. The molecule has 1 aromatic carbocycles. The van der Waals surface area contributed by atoms with Gasteiger partial charge in [-0.3, -0.25) is 4.79 Å². The van der Waals surface area contributed by atoms with E-state index in [4.69, 9.17) is 4.74 Å². The lowest BCUT2D eigenvalue weighted by Gasteiger charge is -2.33. The van der Waals surface area contributed by atoms with E-state index in [9.17, 15) is 35.9 Å². The van der Waals surface area contributed by atoms with E-state index in [1.165, 1.54) is 12.1 Å². The smallest absolute Gasteiger partial charge is 0.416 e. The summed E-state index contributed by atoms with van der Waals surface area (Å²) in [6.07, 6.45) is -6.08. The second-order valence-electron chi connectivity index (χ2n) is 11.0. The number of halogens is 6. The van der Waals surface area contributed by atoms with Gasteiger partial charge in [-0.05, 0) is 57.4 Å². The van der Waals surface area contributed by atoms with Crippen molar-refractivity contribution in [2.75, 3.05) is 19.7 Å². The summed E-state index contributed by atoms with van der Waals surface area (Å²) < 4.78 is 82.9. The molecule has 2 aliphatic rings. The topological polar surface area (TPSA) is 104 Å². The monoisotopic (exact) mass is 589 g/mol. The molecule has 4 N–H and O–H groups in total. The number of nitrogens with one attached hydrogen (secondary N) is 4. The molecule has 0 saturated carbocycles. The van der Waals surface area contributed by atoms with Crippen LogP contribution in [0, 0.1) is 5.41 Å². The normalized spacial score (nSPS) is 18.6. The van der Waals surface area contributed by atoms with Crippen molar-refractivity contribution in [3.63, 3.8) is 0 Å². The van der Waals surface area contributed by atoms with Gasteiger partial charge in [0.2, 0.25) is 0 Å². The van der Waals surface area contributed by atoms with Gasteiger partial charge in [0.1, 0.15) is 6.61 Å². The van der Waals surface area contributed by atoms with Crippen LogP contribution in [0.4, 0.5) is 31.1 Å². The number of esters is 1. The van der Waals surface area contributed by atoms with Crippen molar-refractivity contribution in [1.82, 2.24) is 21.3 Å². The summed E-state index contributed by atoms with van der Waals surface area (Å²) in [6, 6.07) is 3.52. The van der Waals surface area contributed by atoms with E-state index in [0.717, 1.165) is 12.1 Å². The number of hydrogen-bond acceptors (Lipinski definition) is 6. The number of aliphatic imine (C=N–C) groups is 1. The van der Waals surface area contributed by atoms with Crippen molar-refractivity contribution >= 4 is 18.0 Å². The van der Waals surface area contributed by atoms with Crippen LogP contribution in [0.25, 0.3) is 0 Å². The Labute approximate surface area is 233 Å². The number of hydrogen-bond donors (Lipinski definition) is 4. The van der Waals surface area contributed by atoms with Gasteiger partial charge < -0.3 is 26.0 Å². The van der Waals surface area contributed by atoms with Gasteiger partial charge >= 0.3 is 24.4 Å². The first-order valence-electron chi connectivity index (χ1n) is 12.8. The van der Waals surface area contributed by atoms with Crippen LogP contribution >= 0.6 is 0 Å². The Kier molecular flexibility index (Phi) is 9.34. The molecule has 0 saturated heterocycles. The van der Waals surface area contributed by atoms with Crippen LogP contribution in [0.1, 0.15) is 51.7 Å². The van der Waals surface area contributed by atoms with Gasteiger partial charge in [0.05, 0.1) is 29.0 Å². The second kappa shape index (κ2) is 12.0. The molecule has 1 aliphatic heterocycles. The predicted molar refractivity (Wildman–Crippen MR) is 140 cm³/mol. The molecule has 0 aromatic heterocycles. The molecule has 8 nitrogen and oxygen atoms in total. The van der Waals surface area contributed by atoms with Gasteiger partial charge in [-0.25, -0.2) is 9.79 Å². The van der Waals surface area contributed by atoms with Gasteiger partial charge in [-0.2, -0.15) is 26.3 Å². The maximum Gasteiger partial charge on any atom is 0.416 e. The average molecular weight is 590 g/mol. The Hall–Kier alpha value is -3.71. The number of alkyl halides is 6. The number of carbonyl (C=O) groups excluding carboxylic acids is 2. The van der Waals surface area contributed by atoms with E-state index in [1.54, 1.807) is 33.8 Å². The first-order chi connectivity index (χ1) is 18.9. The Morgan fingerprint density at radius 2 is 1.73 bits per heavy atom. The van der Waals surface area contributed by atoms with Crippen LogP contribution in [0.15, 0.2) is 52.7 Å². The summed E-state index contributed by atoms with van der Waals surface area (Å²) in [5, 5.41) is 10.9. The standard InChI is InChI=1S/C27H33F6N5O3/c1-24(2,3)21(39)41-15-25(4,17-8-6-9-18(13-17)27(31,32)33)38-22-36-19-10-5-7-16(20(19)37-22)14-35-23(40)34-12-11-26(28,29)30/h5-9,13,19H,10-12,14-15H2,1-4H3,(H2,34,35,40)(H2,36,37,38). The molecular weight excluding hydrogens is 556 g/mol. The molecule has 2 atom stereocenters. The zero-order valence-electron chi connectivity index (χ0n) is 23.0. The van der Waals surface area contributed by atoms with Crippen molar-refractivity contribution in [3.05, 3.63) is 58.8 Å². The molecule has 2 amide bonds. The number of nitrogens with zero attached hydrogens (tertiary/aromatic N) is 1. The fourth-order valence-corrected chi connectivity index (χ4v) is 4.05. The highest BCUT2D eigenvalue weighted by Crippen LogP contribution is 2.33. The van der Waals surface area contributed by atoms with Gasteiger partial charge in [-0.1, -0.05) is 24.3 Å². The second-order valence-corrected chi connectivity index (χ2v) is 11.0. The molecule has 226 valence electrons. The molecule has 0 fully saturated rings. The minimum Gasteiger partial charge on any atom is -0.462 e. The Morgan fingerprint density at radius 3 is 2.37 bits per heavy atom. The molecule has 14 heteroatoms. The highest BCUT2D eigenvalue weighted by molar-refractivity contribution is 5.86. The number of fused-ring (bicyclic) bond motifs is 1. The van der Waals surface area contributed by atoms with Crippen LogP contribution in [0.3, 0.4) is 0 Å². The first kappa shape index (κ1) is 31.8. The van der Waals surface area contributed by atoms with E-state index < -0.39 is 59.9 Å². The summed E-state index contributed by atoms with van der Waals surface area (Å²) >= 11 is 0. The van der Waals surface area contributed by atoms with Crippen LogP contribution in [-0.4, -0.2) is 49.9 Å². The highest BCUT2D eigenvalue weighted by Gasteiger charge is 2.38. The first-order valence-corrected chi connectivity index (χ1v) is 12.8. The number of benzene rings is 1. The molecule has 1 aromatic rings. The van der Waals surface area contributed by atoms with E-state index in [2.05, 4.69) is 26.3 Å². The van der Waals surface area contributed by atoms with Crippen LogP contribution in [0.2, 0.25) is 0 Å². The zero-order valence-corrected chi connectivity index (χ0v) is 23.0. The van der Waals surface area contributed by atoms with Gasteiger partial charge in [0, 0.05) is 18.8 Å². The van der Waals surface area contributed by atoms with Crippen molar-refractivity contribution in [2.24, 2.45) is 10.4 Å². The van der Waals surface area contributed by atoms with Crippen LogP contribution in [0.5, 0.6) is 0 Å². The third-order valence-corrected chi connectivity index (χ3v) is 6.35. The number of carbonyl (C=O) groups is 2. The summed E-state index contributed by atoms with van der Waals surface area (Å²) in [5.41, 5.74) is -1.60. The summed E-state index contributed by atoms with van der Waals surface area (Å²) in [6.45, 7) is 5.67. The molecule has 1 aliphatic carbocycles. The Balaban J connectivity index is 1.77. The number of amides is 2. The maximum absolute atomic E-state index is 13.5. The van der Waals surface area contributed by atoms with Crippen molar-refractivity contribution < 1.29 is 40.7 Å². The Bertz CT molecular complexity index is 1230. The molecular formula is C27H33F6N5O3. The van der Waals surface area contributed by atoms with Crippen molar-refractivity contribution in [3.8, 4) is 0 Å². The van der Waals surface area contributed by atoms with Gasteiger partial charge in [0.25, 0.3) is 0 Å². The fourth-order valence-electron chi connectivity index (χ4n) is 4.05. The van der Waals surface area contributed by atoms with E-state index in [1.807, 2.05) is 6.08 Å². The highest BCUT2D eigenvalue weighted by atomic mass is 19.4. The molecule has 0 bridgehead atoms. The summed E-state index contributed by atoms with van der Waals surface area (Å²) in [4.78, 5) is 29.0. The SMILES string of the molecule is CC(C)(C)C(=O)OCC(C)(NC1=NC2CC=CC(CNC(=O)NCCC(F)(F)F)=C2N1)c1cccc(C(F)(F)F)c1. The van der Waals surface area contributed by atoms with Gasteiger partial charge in [-0.15, -0.1) is 0 Å². The van der Waals surface area contributed by atoms with E-state index in [0.29, 0.717) is 17.7 Å². The van der Waals surface area contributed by atoms with Crippen LogP contribution < -0.4 is 21.3 Å². The van der Waals surface area contributed by atoms with Crippen molar-refractivity contribution in [2.45, 2.75) is 64.5 Å². The minimum atomic E-state index is -4.59. The number of guanidine groups is 1. The fraction of sp³-hybridized carbons (Fsp3) is 0.519. The lowest BCUT2D eigenvalue weighted by molar-refractivity contribution is -0.155. The number of urea groups is 1. The zero-order chi connectivity index (χ0) is 30.6. The summed E-state index contributed by atoms with van der Waals surface area (Å²) in [5.74, 6) is -0.325. The summed E-state index contributed by atoms with van der Waals surface area (Å²) in [7, 11) is 0.